The van der Waals surface area contributed by atoms with Crippen LogP contribution in [0.15, 0.2) is 0 Å². The third-order valence-electron chi connectivity index (χ3n) is 6.03. The molecule has 1 aliphatic heterocycles. The van der Waals surface area contributed by atoms with Crippen LogP contribution in [0, 0.1) is 11.8 Å². The summed E-state index contributed by atoms with van der Waals surface area (Å²) in [4.78, 5) is 2.87. The summed E-state index contributed by atoms with van der Waals surface area (Å²) in [5.41, 5.74) is 0.467. The van der Waals surface area contributed by atoms with Crippen molar-refractivity contribution in [1.29, 1.82) is 0 Å². The van der Waals surface area contributed by atoms with Crippen LogP contribution in [-0.4, -0.2) is 36.1 Å². The van der Waals surface area contributed by atoms with Crippen molar-refractivity contribution in [1.82, 2.24) is 10.2 Å². The van der Waals surface area contributed by atoms with Crippen LogP contribution in [-0.2, 0) is 0 Å². The molecule has 2 aliphatic rings. The van der Waals surface area contributed by atoms with Crippen LogP contribution < -0.4 is 5.32 Å². The second-order valence-corrected chi connectivity index (χ2v) is 8.03. The minimum Gasteiger partial charge on any atom is -0.308 e. The molecule has 2 nitrogen and oxygen atoms in total. The average molecular weight is 295 g/mol. The van der Waals surface area contributed by atoms with Crippen LogP contribution in [0.3, 0.4) is 0 Å². The molecule has 2 atom stereocenters. The predicted molar refractivity (Wildman–Crippen MR) is 92.7 cm³/mol. The Balaban J connectivity index is 1.99. The fraction of sp³-hybridized carbons (Fsp3) is 1.00. The predicted octanol–water partition coefficient (Wildman–Crippen LogP) is 4.45. The maximum Gasteiger partial charge on any atom is 0.0309 e. The lowest BCUT2D eigenvalue weighted by molar-refractivity contribution is 0.0422. The van der Waals surface area contributed by atoms with E-state index in [-0.39, 0.29) is 0 Å². The highest BCUT2D eigenvalue weighted by Crippen LogP contribution is 2.35. The Morgan fingerprint density at radius 1 is 1.19 bits per heavy atom. The summed E-state index contributed by atoms with van der Waals surface area (Å²) in [5, 5.41) is 3.95. The van der Waals surface area contributed by atoms with Gasteiger partial charge < -0.3 is 5.32 Å². The van der Waals surface area contributed by atoms with Crippen LogP contribution >= 0.6 is 0 Å². The molecule has 1 N–H and O–H groups in total. The number of hydrogen-bond donors (Lipinski definition) is 1. The van der Waals surface area contributed by atoms with E-state index in [1.165, 1.54) is 71.0 Å². The molecule has 0 aromatic rings. The second kappa shape index (κ2) is 7.97. The Hall–Kier alpha value is -0.0800. The number of unbranched alkanes of at least 4 members (excludes halogenated alkanes) is 1. The van der Waals surface area contributed by atoms with Gasteiger partial charge in [-0.05, 0) is 31.1 Å². The maximum absolute atomic E-state index is 3.95. The van der Waals surface area contributed by atoms with E-state index in [1.54, 1.807) is 0 Å². The van der Waals surface area contributed by atoms with Crippen LogP contribution in [0.25, 0.3) is 0 Å². The number of nitrogens with one attached hydrogen (secondary N) is 1. The molecule has 1 aliphatic carbocycles. The molecule has 2 fully saturated rings. The molecule has 0 aromatic carbocycles. The Bertz CT molecular complexity index is 294. The van der Waals surface area contributed by atoms with Gasteiger partial charge in [-0.1, -0.05) is 59.8 Å². The molecule has 1 heterocycles. The van der Waals surface area contributed by atoms with Crippen molar-refractivity contribution in [3.05, 3.63) is 0 Å². The van der Waals surface area contributed by atoms with Gasteiger partial charge in [0.05, 0.1) is 0 Å². The van der Waals surface area contributed by atoms with Gasteiger partial charge in [0.25, 0.3) is 0 Å². The minimum absolute atomic E-state index is 0.467. The second-order valence-electron chi connectivity index (χ2n) is 8.03. The summed E-state index contributed by atoms with van der Waals surface area (Å²) in [6.45, 7) is 13.4. The van der Waals surface area contributed by atoms with E-state index in [1.807, 2.05) is 0 Å². The standard InChI is InChI=1S/C19H38N2/c1-5-7-10-17(6-2)14-21-15-19(11-8-9-12-19)20-13-18(21)16(3)4/h16-18,20H,5-15H2,1-4H3. The van der Waals surface area contributed by atoms with E-state index in [2.05, 4.69) is 37.9 Å². The van der Waals surface area contributed by atoms with Crippen molar-refractivity contribution in [2.75, 3.05) is 19.6 Å². The fourth-order valence-electron chi connectivity index (χ4n) is 4.50. The van der Waals surface area contributed by atoms with Gasteiger partial charge in [-0.25, -0.2) is 0 Å². The van der Waals surface area contributed by atoms with Crippen molar-refractivity contribution in [3.8, 4) is 0 Å². The van der Waals surface area contributed by atoms with Gasteiger partial charge in [0, 0.05) is 31.2 Å². The maximum atomic E-state index is 3.95. The van der Waals surface area contributed by atoms with Gasteiger partial charge in [0.2, 0.25) is 0 Å². The highest BCUT2D eigenvalue weighted by Gasteiger charge is 2.41. The summed E-state index contributed by atoms with van der Waals surface area (Å²) < 4.78 is 0. The molecule has 0 radical (unpaired) electrons. The smallest absolute Gasteiger partial charge is 0.0309 e. The van der Waals surface area contributed by atoms with Crippen LogP contribution in [0.2, 0.25) is 0 Å². The van der Waals surface area contributed by atoms with Crippen LogP contribution in [0.1, 0.15) is 79.1 Å². The molecular formula is C19H38N2. The molecule has 1 spiro atoms. The molecular weight excluding hydrogens is 256 g/mol. The van der Waals surface area contributed by atoms with Gasteiger partial charge in [-0.3, -0.25) is 4.90 Å². The first kappa shape index (κ1) is 17.3. The molecule has 0 amide bonds. The molecule has 1 saturated heterocycles. The fourth-order valence-corrected chi connectivity index (χ4v) is 4.50. The van der Waals surface area contributed by atoms with E-state index in [0.717, 1.165) is 17.9 Å². The molecule has 1 saturated carbocycles. The van der Waals surface area contributed by atoms with E-state index < -0.39 is 0 Å². The molecule has 21 heavy (non-hydrogen) atoms. The Labute approximate surface area is 133 Å². The van der Waals surface area contributed by atoms with Crippen LogP contribution in [0.5, 0.6) is 0 Å². The monoisotopic (exact) mass is 294 g/mol. The van der Waals surface area contributed by atoms with E-state index in [9.17, 15) is 0 Å². The van der Waals surface area contributed by atoms with Crippen molar-refractivity contribution >= 4 is 0 Å². The highest BCUT2D eigenvalue weighted by atomic mass is 15.3. The molecule has 2 heteroatoms. The number of hydrogen-bond acceptors (Lipinski definition) is 2. The zero-order valence-electron chi connectivity index (χ0n) is 15.0. The van der Waals surface area contributed by atoms with Crippen molar-refractivity contribution in [2.45, 2.75) is 90.6 Å². The zero-order chi connectivity index (χ0) is 15.3. The summed E-state index contributed by atoms with van der Waals surface area (Å²) in [6.07, 6.45) is 11.2. The number of nitrogens with zero attached hydrogens (tertiary/aromatic N) is 1. The summed E-state index contributed by atoms with van der Waals surface area (Å²) >= 11 is 0. The summed E-state index contributed by atoms with van der Waals surface area (Å²) in [5.74, 6) is 1.67. The molecule has 0 aromatic heterocycles. The first-order chi connectivity index (χ1) is 10.1. The lowest BCUT2D eigenvalue weighted by Crippen LogP contribution is -2.64. The average Bonchev–Trinajstić information content (AvgIpc) is 2.91. The number of piperazine rings is 1. The van der Waals surface area contributed by atoms with Gasteiger partial charge >= 0.3 is 0 Å². The summed E-state index contributed by atoms with van der Waals surface area (Å²) in [7, 11) is 0. The van der Waals surface area contributed by atoms with Crippen molar-refractivity contribution in [3.63, 3.8) is 0 Å². The van der Waals surface area contributed by atoms with Gasteiger partial charge in [0.15, 0.2) is 0 Å². The molecule has 2 rings (SSSR count). The third kappa shape index (κ3) is 4.45. The molecule has 0 bridgehead atoms. The van der Waals surface area contributed by atoms with Crippen LogP contribution in [0.4, 0.5) is 0 Å². The lowest BCUT2D eigenvalue weighted by atomic mass is 9.87. The largest absolute Gasteiger partial charge is 0.308 e. The van der Waals surface area contributed by atoms with Gasteiger partial charge in [-0.15, -0.1) is 0 Å². The highest BCUT2D eigenvalue weighted by molar-refractivity contribution is 5.01. The van der Waals surface area contributed by atoms with Gasteiger partial charge in [-0.2, -0.15) is 0 Å². The Morgan fingerprint density at radius 3 is 2.48 bits per heavy atom. The van der Waals surface area contributed by atoms with E-state index >= 15 is 0 Å². The normalized spacial score (nSPS) is 27.6. The zero-order valence-corrected chi connectivity index (χ0v) is 15.0. The number of rotatable bonds is 7. The molecule has 2 unspecified atom stereocenters. The van der Waals surface area contributed by atoms with Crippen molar-refractivity contribution < 1.29 is 0 Å². The quantitative estimate of drug-likeness (QED) is 0.746. The first-order valence-electron chi connectivity index (χ1n) is 9.59. The van der Waals surface area contributed by atoms with E-state index in [4.69, 9.17) is 0 Å². The Kier molecular flexibility index (Phi) is 6.55. The lowest BCUT2D eigenvalue weighted by Gasteiger charge is -2.49. The first-order valence-corrected chi connectivity index (χ1v) is 9.59. The topological polar surface area (TPSA) is 15.3 Å². The minimum atomic E-state index is 0.467. The summed E-state index contributed by atoms with van der Waals surface area (Å²) in [6, 6.07) is 0.743. The van der Waals surface area contributed by atoms with Crippen molar-refractivity contribution in [2.24, 2.45) is 11.8 Å². The molecule has 124 valence electrons. The third-order valence-corrected chi connectivity index (χ3v) is 6.03. The van der Waals surface area contributed by atoms with E-state index in [0.29, 0.717) is 5.54 Å². The Morgan fingerprint density at radius 2 is 1.90 bits per heavy atom. The SMILES string of the molecule is CCCCC(CC)CN1CC2(CCCC2)NCC1C(C)C. The van der Waals surface area contributed by atoms with Gasteiger partial charge in [0.1, 0.15) is 0 Å².